The molecule has 0 amide bonds. The van der Waals surface area contributed by atoms with Crippen LogP contribution in [0.5, 0.6) is 5.75 Å². The molecule has 0 spiro atoms. The van der Waals surface area contributed by atoms with Crippen molar-refractivity contribution < 1.29 is 19.1 Å². The number of esters is 1. The number of fused-ring (bicyclic) bond motifs is 1. The molecule has 0 saturated heterocycles. The first-order chi connectivity index (χ1) is 14.2. The molecule has 1 aromatic heterocycles. The average molecular weight is 398 g/mol. The summed E-state index contributed by atoms with van der Waals surface area (Å²) >= 11 is 0. The summed E-state index contributed by atoms with van der Waals surface area (Å²) in [6, 6.07) is 10.8. The normalized spacial score (nSPS) is 15.2. The van der Waals surface area contributed by atoms with Crippen LogP contribution in [0.3, 0.4) is 0 Å². The van der Waals surface area contributed by atoms with Crippen molar-refractivity contribution in [3.05, 3.63) is 53.3 Å². The second-order valence-corrected chi connectivity index (χ2v) is 7.63. The van der Waals surface area contributed by atoms with E-state index in [2.05, 4.69) is 6.92 Å². The molecule has 0 radical (unpaired) electrons. The van der Waals surface area contributed by atoms with Gasteiger partial charge in [-0.3, -0.25) is 9.59 Å². The van der Waals surface area contributed by atoms with Crippen LogP contribution in [-0.4, -0.2) is 30.0 Å². The van der Waals surface area contributed by atoms with Gasteiger partial charge in [0.05, 0.1) is 25.3 Å². The molecule has 1 unspecified atom stereocenters. The summed E-state index contributed by atoms with van der Waals surface area (Å²) in [7, 11) is 1.60. The zero-order valence-electron chi connectivity index (χ0n) is 17.5. The maximum Gasteiger partial charge on any atom is 0.315 e. The van der Waals surface area contributed by atoms with Crippen molar-refractivity contribution in [1.82, 2.24) is 4.57 Å². The van der Waals surface area contributed by atoms with E-state index in [-0.39, 0.29) is 17.7 Å². The molecule has 29 heavy (non-hydrogen) atoms. The number of carbonyl (C=O) groups excluding carboxylic acids is 2. The van der Waals surface area contributed by atoms with Crippen LogP contribution < -0.4 is 4.74 Å². The Bertz CT molecular complexity index is 822. The largest absolute Gasteiger partial charge is 0.497 e. The Balaban J connectivity index is 1.56. The fraction of sp³-hybridized carbons (Fsp3) is 0.500. The lowest BCUT2D eigenvalue weighted by atomic mass is 10.1. The Kier molecular flexibility index (Phi) is 7.50. The number of unbranched alkanes of at least 4 members (excludes halogenated alkanes) is 5. The number of hydrogen-bond acceptors (Lipinski definition) is 4. The minimum atomic E-state index is -0.271. The third-order valence-electron chi connectivity index (χ3n) is 5.62. The molecule has 0 bridgehead atoms. The van der Waals surface area contributed by atoms with Gasteiger partial charge in [0.15, 0.2) is 0 Å². The van der Waals surface area contributed by atoms with E-state index < -0.39 is 0 Å². The molecule has 5 heteroatoms. The van der Waals surface area contributed by atoms with Crippen molar-refractivity contribution in [3.63, 3.8) is 0 Å². The molecule has 1 aromatic carbocycles. The molecule has 1 aliphatic rings. The maximum absolute atomic E-state index is 12.9. The lowest BCUT2D eigenvalue weighted by Crippen LogP contribution is -2.14. The number of ether oxygens (including phenoxy) is 2. The van der Waals surface area contributed by atoms with Crippen LogP contribution in [-0.2, 0) is 16.1 Å². The molecule has 0 N–H and O–H groups in total. The first-order valence-corrected chi connectivity index (χ1v) is 10.7. The number of methoxy groups -OCH3 is 1. The minimum absolute atomic E-state index is 0.0417. The molecule has 2 aromatic rings. The number of hydrogen-bond donors (Lipinski definition) is 0. The van der Waals surface area contributed by atoms with Gasteiger partial charge in [-0.15, -0.1) is 0 Å². The van der Waals surface area contributed by atoms with E-state index in [1.54, 1.807) is 31.4 Å². The monoisotopic (exact) mass is 397 g/mol. The highest BCUT2D eigenvalue weighted by atomic mass is 16.5. The van der Waals surface area contributed by atoms with Crippen molar-refractivity contribution in [1.29, 1.82) is 0 Å². The predicted octanol–water partition coefficient (Wildman–Crippen LogP) is 5.12. The zero-order chi connectivity index (χ0) is 20.6. The standard InChI is InChI=1S/C24H31NO4/c1-3-4-5-6-7-8-17-29-24(27)20-15-16-25-21(20)13-14-22(25)23(26)18-9-11-19(28-2)12-10-18/h9-14,20H,3-8,15-17H2,1-2H3. The highest BCUT2D eigenvalue weighted by molar-refractivity contribution is 6.08. The van der Waals surface area contributed by atoms with Gasteiger partial charge < -0.3 is 14.0 Å². The fourth-order valence-corrected chi connectivity index (χ4v) is 3.93. The van der Waals surface area contributed by atoms with Gasteiger partial charge in [0, 0.05) is 17.8 Å². The molecular formula is C24H31NO4. The van der Waals surface area contributed by atoms with Gasteiger partial charge in [-0.05, 0) is 49.2 Å². The predicted molar refractivity (Wildman–Crippen MR) is 113 cm³/mol. The average Bonchev–Trinajstić information content (AvgIpc) is 3.35. The summed E-state index contributed by atoms with van der Waals surface area (Å²) in [5, 5.41) is 0. The van der Waals surface area contributed by atoms with Crippen LogP contribution in [0.25, 0.3) is 0 Å². The molecule has 5 nitrogen and oxygen atoms in total. The number of ketones is 1. The third kappa shape index (κ3) is 5.08. The summed E-state index contributed by atoms with van der Waals surface area (Å²) in [6.45, 7) is 3.35. The van der Waals surface area contributed by atoms with E-state index in [4.69, 9.17) is 9.47 Å². The smallest absolute Gasteiger partial charge is 0.315 e. The Labute approximate surface area is 173 Å². The van der Waals surface area contributed by atoms with Gasteiger partial charge in [-0.25, -0.2) is 0 Å². The summed E-state index contributed by atoms with van der Waals surface area (Å²) < 4.78 is 12.6. The van der Waals surface area contributed by atoms with Gasteiger partial charge in [0.1, 0.15) is 5.75 Å². The number of rotatable bonds is 11. The number of aromatic nitrogens is 1. The zero-order valence-corrected chi connectivity index (χ0v) is 17.5. The second-order valence-electron chi connectivity index (χ2n) is 7.63. The van der Waals surface area contributed by atoms with Gasteiger partial charge in [0.25, 0.3) is 0 Å². The van der Waals surface area contributed by atoms with E-state index in [0.29, 0.717) is 30.8 Å². The maximum atomic E-state index is 12.9. The van der Waals surface area contributed by atoms with Crippen molar-refractivity contribution in [2.75, 3.05) is 13.7 Å². The van der Waals surface area contributed by atoms with Crippen LogP contribution in [0.15, 0.2) is 36.4 Å². The Morgan fingerprint density at radius 3 is 2.45 bits per heavy atom. The van der Waals surface area contributed by atoms with Gasteiger partial charge in [-0.1, -0.05) is 39.0 Å². The molecule has 1 atom stereocenters. The SMILES string of the molecule is CCCCCCCCOC(=O)C1CCn2c(C(=O)c3ccc(OC)cc3)ccc21. The van der Waals surface area contributed by atoms with Crippen LogP contribution in [0.4, 0.5) is 0 Å². The van der Waals surface area contributed by atoms with Gasteiger partial charge >= 0.3 is 5.97 Å². The van der Waals surface area contributed by atoms with Crippen LogP contribution in [0.2, 0.25) is 0 Å². The van der Waals surface area contributed by atoms with E-state index >= 15 is 0 Å². The van der Waals surface area contributed by atoms with E-state index in [0.717, 1.165) is 24.3 Å². The van der Waals surface area contributed by atoms with E-state index in [1.807, 2.05) is 16.7 Å². The summed E-state index contributed by atoms with van der Waals surface area (Å²) in [4.78, 5) is 25.4. The van der Waals surface area contributed by atoms with Crippen molar-refractivity contribution in [3.8, 4) is 5.75 Å². The summed E-state index contributed by atoms with van der Waals surface area (Å²) in [6.07, 6.45) is 7.68. The fourth-order valence-electron chi connectivity index (χ4n) is 3.93. The highest BCUT2D eigenvalue weighted by Crippen LogP contribution is 2.32. The molecule has 0 fully saturated rings. The third-order valence-corrected chi connectivity index (χ3v) is 5.62. The number of nitrogens with zero attached hydrogens (tertiary/aromatic N) is 1. The minimum Gasteiger partial charge on any atom is -0.497 e. The number of carbonyl (C=O) groups is 2. The molecule has 0 aliphatic carbocycles. The topological polar surface area (TPSA) is 57.5 Å². The second kappa shape index (κ2) is 10.3. The van der Waals surface area contributed by atoms with Crippen LogP contribution in [0.1, 0.15) is 79.5 Å². The highest BCUT2D eigenvalue weighted by Gasteiger charge is 2.32. The Morgan fingerprint density at radius 2 is 1.72 bits per heavy atom. The van der Waals surface area contributed by atoms with Gasteiger partial charge in [0.2, 0.25) is 5.78 Å². The molecule has 3 rings (SSSR count). The summed E-state index contributed by atoms with van der Waals surface area (Å²) in [5.74, 6) is 0.237. The van der Waals surface area contributed by atoms with E-state index in [9.17, 15) is 9.59 Å². The molecule has 0 saturated carbocycles. The Hall–Kier alpha value is -2.56. The lowest BCUT2D eigenvalue weighted by Gasteiger charge is -2.10. The van der Waals surface area contributed by atoms with Crippen LogP contribution in [0, 0.1) is 0 Å². The van der Waals surface area contributed by atoms with Crippen molar-refractivity contribution >= 4 is 11.8 Å². The quantitative estimate of drug-likeness (QED) is 0.300. The lowest BCUT2D eigenvalue weighted by molar-refractivity contribution is -0.145. The Morgan fingerprint density at radius 1 is 1.00 bits per heavy atom. The number of benzene rings is 1. The van der Waals surface area contributed by atoms with E-state index in [1.165, 1.54) is 25.7 Å². The molecule has 1 aliphatic heterocycles. The van der Waals surface area contributed by atoms with Crippen LogP contribution >= 0.6 is 0 Å². The van der Waals surface area contributed by atoms with Crippen molar-refractivity contribution in [2.45, 2.75) is 64.3 Å². The first-order valence-electron chi connectivity index (χ1n) is 10.7. The summed E-state index contributed by atoms with van der Waals surface area (Å²) in [5.41, 5.74) is 2.12. The molecule has 156 valence electrons. The van der Waals surface area contributed by atoms with Crippen molar-refractivity contribution in [2.24, 2.45) is 0 Å². The molecule has 2 heterocycles. The first kappa shape index (κ1) is 21.2. The molecular weight excluding hydrogens is 366 g/mol. The van der Waals surface area contributed by atoms with Gasteiger partial charge in [-0.2, -0.15) is 0 Å².